The standard InChI is InChI=1S/C17H22N2O/c1-11-12(2)19-16-8-7-14(10-15(11)16)17(20)18-9-3-4-13-5-6-13/h7-8,10,13,19H,3-6,9H2,1-2H3,(H,18,20). The van der Waals surface area contributed by atoms with Gasteiger partial charge in [-0.15, -0.1) is 0 Å². The highest BCUT2D eigenvalue weighted by molar-refractivity contribution is 5.99. The average molecular weight is 270 g/mol. The van der Waals surface area contributed by atoms with E-state index in [1.54, 1.807) is 0 Å². The van der Waals surface area contributed by atoms with Crippen molar-refractivity contribution in [1.29, 1.82) is 0 Å². The molecule has 1 fully saturated rings. The fourth-order valence-corrected chi connectivity index (χ4v) is 2.70. The minimum Gasteiger partial charge on any atom is -0.358 e. The van der Waals surface area contributed by atoms with Crippen LogP contribution in [0.15, 0.2) is 18.2 Å². The highest BCUT2D eigenvalue weighted by Crippen LogP contribution is 2.33. The molecular weight excluding hydrogens is 248 g/mol. The van der Waals surface area contributed by atoms with Gasteiger partial charge in [-0.2, -0.15) is 0 Å². The summed E-state index contributed by atoms with van der Waals surface area (Å²) in [6.45, 7) is 4.94. The number of nitrogens with one attached hydrogen (secondary N) is 2. The minimum atomic E-state index is 0.0425. The molecule has 3 heteroatoms. The first-order valence-electron chi connectivity index (χ1n) is 7.52. The molecule has 0 bridgehead atoms. The summed E-state index contributed by atoms with van der Waals surface area (Å²) in [6, 6.07) is 5.88. The number of hydrogen-bond acceptors (Lipinski definition) is 1. The van der Waals surface area contributed by atoms with Gasteiger partial charge in [0.05, 0.1) is 0 Å². The summed E-state index contributed by atoms with van der Waals surface area (Å²) in [7, 11) is 0. The monoisotopic (exact) mass is 270 g/mol. The van der Waals surface area contributed by atoms with Gasteiger partial charge in [0, 0.05) is 28.7 Å². The molecule has 1 saturated carbocycles. The molecule has 1 heterocycles. The second-order valence-electron chi connectivity index (χ2n) is 5.98. The Labute approximate surface area is 119 Å². The van der Waals surface area contributed by atoms with Crippen molar-refractivity contribution in [2.75, 3.05) is 6.54 Å². The van der Waals surface area contributed by atoms with Crippen LogP contribution in [0.1, 0.15) is 47.3 Å². The van der Waals surface area contributed by atoms with E-state index < -0.39 is 0 Å². The average Bonchev–Trinajstić information content (AvgIpc) is 3.22. The third-order valence-corrected chi connectivity index (χ3v) is 4.34. The Morgan fingerprint density at radius 2 is 2.15 bits per heavy atom. The SMILES string of the molecule is Cc1[nH]c2ccc(C(=O)NCCCC3CC3)cc2c1C. The molecule has 3 rings (SSSR count). The molecule has 20 heavy (non-hydrogen) atoms. The second-order valence-corrected chi connectivity index (χ2v) is 5.98. The van der Waals surface area contributed by atoms with Crippen molar-refractivity contribution in [3.8, 4) is 0 Å². The van der Waals surface area contributed by atoms with Gasteiger partial charge in [0.1, 0.15) is 0 Å². The number of amides is 1. The molecule has 2 aromatic rings. The fourth-order valence-electron chi connectivity index (χ4n) is 2.70. The molecule has 0 spiro atoms. The zero-order valence-corrected chi connectivity index (χ0v) is 12.3. The van der Waals surface area contributed by atoms with Crippen LogP contribution in [0.3, 0.4) is 0 Å². The molecule has 1 aromatic carbocycles. The van der Waals surface area contributed by atoms with Crippen molar-refractivity contribution in [3.63, 3.8) is 0 Å². The van der Waals surface area contributed by atoms with Gasteiger partial charge in [-0.25, -0.2) is 0 Å². The van der Waals surface area contributed by atoms with Crippen molar-refractivity contribution in [2.45, 2.75) is 39.5 Å². The second kappa shape index (κ2) is 5.31. The van der Waals surface area contributed by atoms with Gasteiger partial charge >= 0.3 is 0 Å². The summed E-state index contributed by atoms with van der Waals surface area (Å²) in [5, 5.41) is 4.17. The van der Waals surface area contributed by atoms with Crippen molar-refractivity contribution >= 4 is 16.8 Å². The Morgan fingerprint density at radius 3 is 2.90 bits per heavy atom. The van der Waals surface area contributed by atoms with Crippen molar-refractivity contribution in [1.82, 2.24) is 10.3 Å². The molecule has 1 amide bonds. The Balaban J connectivity index is 1.65. The number of hydrogen-bond donors (Lipinski definition) is 2. The number of aryl methyl sites for hydroxylation is 2. The van der Waals surface area contributed by atoms with Gasteiger partial charge < -0.3 is 10.3 Å². The zero-order valence-electron chi connectivity index (χ0n) is 12.3. The molecule has 3 nitrogen and oxygen atoms in total. The molecule has 106 valence electrons. The van der Waals surface area contributed by atoms with E-state index in [0.717, 1.165) is 35.3 Å². The minimum absolute atomic E-state index is 0.0425. The van der Waals surface area contributed by atoms with Crippen LogP contribution in [-0.4, -0.2) is 17.4 Å². The van der Waals surface area contributed by atoms with E-state index in [-0.39, 0.29) is 5.91 Å². The van der Waals surface area contributed by atoms with Gasteiger partial charge in [0.15, 0.2) is 0 Å². The van der Waals surface area contributed by atoms with E-state index in [2.05, 4.69) is 24.1 Å². The summed E-state index contributed by atoms with van der Waals surface area (Å²) in [5.74, 6) is 0.981. The van der Waals surface area contributed by atoms with Gasteiger partial charge in [0.2, 0.25) is 0 Å². The first kappa shape index (κ1) is 13.2. The van der Waals surface area contributed by atoms with Gasteiger partial charge in [-0.3, -0.25) is 4.79 Å². The van der Waals surface area contributed by atoms with Crippen LogP contribution in [0.25, 0.3) is 10.9 Å². The molecule has 1 aliphatic carbocycles. The molecular formula is C17H22N2O. The Bertz CT molecular complexity index is 638. The molecule has 0 saturated heterocycles. The van der Waals surface area contributed by atoms with Crippen molar-refractivity contribution < 1.29 is 4.79 Å². The number of aromatic nitrogens is 1. The maximum atomic E-state index is 12.1. The third kappa shape index (κ3) is 2.72. The lowest BCUT2D eigenvalue weighted by atomic mass is 10.1. The number of carbonyl (C=O) groups is 1. The highest BCUT2D eigenvalue weighted by Gasteiger charge is 2.20. The molecule has 0 unspecified atom stereocenters. The number of fused-ring (bicyclic) bond motifs is 1. The van der Waals surface area contributed by atoms with E-state index in [1.807, 2.05) is 18.2 Å². The van der Waals surface area contributed by atoms with E-state index >= 15 is 0 Å². The lowest BCUT2D eigenvalue weighted by Gasteiger charge is -2.05. The third-order valence-electron chi connectivity index (χ3n) is 4.34. The number of H-pyrrole nitrogens is 1. The smallest absolute Gasteiger partial charge is 0.251 e. The lowest BCUT2D eigenvalue weighted by Crippen LogP contribution is -2.24. The first-order valence-corrected chi connectivity index (χ1v) is 7.52. The molecule has 0 aliphatic heterocycles. The Hall–Kier alpha value is -1.77. The van der Waals surface area contributed by atoms with Crippen LogP contribution in [0, 0.1) is 19.8 Å². The van der Waals surface area contributed by atoms with E-state index in [0.29, 0.717) is 0 Å². The first-order chi connectivity index (χ1) is 9.65. The molecule has 2 N–H and O–H groups in total. The van der Waals surface area contributed by atoms with Crippen molar-refractivity contribution in [2.24, 2.45) is 5.92 Å². The largest absolute Gasteiger partial charge is 0.358 e. The van der Waals surface area contributed by atoms with Crippen molar-refractivity contribution in [3.05, 3.63) is 35.0 Å². The van der Waals surface area contributed by atoms with Crippen LogP contribution >= 0.6 is 0 Å². The summed E-state index contributed by atoms with van der Waals surface area (Å²) < 4.78 is 0. The number of aromatic amines is 1. The Morgan fingerprint density at radius 1 is 1.35 bits per heavy atom. The van der Waals surface area contributed by atoms with Gasteiger partial charge in [-0.05, 0) is 56.4 Å². The summed E-state index contributed by atoms with van der Waals surface area (Å²) in [6.07, 6.45) is 5.13. The summed E-state index contributed by atoms with van der Waals surface area (Å²) in [4.78, 5) is 15.5. The van der Waals surface area contributed by atoms with E-state index in [1.165, 1.54) is 30.5 Å². The van der Waals surface area contributed by atoms with Crippen LogP contribution < -0.4 is 5.32 Å². The lowest BCUT2D eigenvalue weighted by molar-refractivity contribution is 0.0953. The highest BCUT2D eigenvalue weighted by atomic mass is 16.1. The van der Waals surface area contributed by atoms with E-state index in [4.69, 9.17) is 0 Å². The van der Waals surface area contributed by atoms with Gasteiger partial charge in [0.25, 0.3) is 5.91 Å². The number of benzene rings is 1. The van der Waals surface area contributed by atoms with Crippen LogP contribution in [0.4, 0.5) is 0 Å². The fraction of sp³-hybridized carbons (Fsp3) is 0.471. The maximum absolute atomic E-state index is 12.1. The molecule has 0 radical (unpaired) electrons. The zero-order chi connectivity index (χ0) is 14.1. The number of carbonyl (C=O) groups excluding carboxylic acids is 1. The van der Waals surface area contributed by atoms with Crippen LogP contribution in [0.5, 0.6) is 0 Å². The quantitative estimate of drug-likeness (QED) is 0.799. The molecule has 1 aliphatic rings. The number of rotatable bonds is 5. The maximum Gasteiger partial charge on any atom is 0.251 e. The summed E-state index contributed by atoms with van der Waals surface area (Å²) >= 11 is 0. The normalized spacial score (nSPS) is 14.7. The van der Waals surface area contributed by atoms with E-state index in [9.17, 15) is 4.79 Å². The molecule has 0 atom stereocenters. The van der Waals surface area contributed by atoms with Crippen LogP contribution in [-0.2, 0) is 0 Å². The predicted molar refractivity (Wildman–Crippen MR) is 82.1 cm³/mol. The van der Waals surface area contributed by atoms with Gasteiger partial charge in [-0.1, -0.05) is 12.8 Å². The topological polar surface area (TPSA) is 44.9 Å². The van der Waals surface area contributed by atoms with Crippen LogP contribution in [0.2, 0.25) is 0 Å². The summed E-state index contributed by atoms with van der Waals surface area (Å²) in [5.41, 5.74) is 4.25. The molecule has 1 aromatic heterocycles. The predicted octanol–water partition coefficient (Wildman–Crippen LogP) is 3.70. The Kier molecular flexibility index (Phi) is 3.51.